The fourth-order valence-corrected chi connectivity index (χ4v) is 2.38. The Bertz CT molecular complexity index is 734. The molecule has 0 heterocycles. The van der Waals surface area contributed by atoms with Gasteiger partial charge in [0.2, 0.25) is 0 Å². The molecule has 2 aromatic rings. The van der Waals surface area contributed by atoms with Gasteiger partial charge in [-0.15, -0.1) is 0 Å². The molecule has 0 atom stereocenters. The standard InChI is InChI=1S/C15H15NO4S/c1-11-3-7-13(8-4-11)15(17)20-16-21(18,19)14-9-5-12(2)6-10-14/h3-10,16H,1-2H3. The van der Waals surface area contributed by atoms with Gasteiger partial charge in [-0.25, -0.2) is 13.2 Å². The molecule has 0 saturated heterocycles. The number of nitrogens with one attached hydrogen (secondary N) is 1. The topological polar surface area (TPSA) is 72.5 Å². The summed E-state index contributed by atoms with van der Waals surface area (Å²) in [5.74, 6) is -0.759. The summed E-state index contributed by atoms with van der Waals surface area (Å²) >= 11 is 0. The van der Waals surface area contributed by atoms with Crippen molar-refractivity contribution in [2.24, 2.45) is 0 Å². The lowest BCUT2D eigenvalue weighted by atomic mass is 10.2. The normalized spacial score (nSPS) is 11.1. The number of hydrogen-bond donors (Lipinski definition) is 1. The van der Waals surface area contributed by atoms with Crippen LogP contribution in [-0.4, -0.2) is 14.4 Å². The van der Waals surface area contributed by atoms with Crippen molar-refractivity contribution in [1.29, 1.82) is 0 Å². The Morgan fingerprint density at radius 3 is 1.90 bits per heavy atom. The summed E-state index contributed by atoms with van der Waals surface area (Å²) in [5, 5.41) is 0. The number of rotatable bonds is 4. The highest BCUT2D eigenvalue weighted by molar-refractivity contribution is 7.89. The maximum atomic E-state index is 11.9. The Morgan fingerprint density at radius 2 is 1.38 bits per heavy atom. The highest BCUT2D eigenvalue weighted by Gasteiger charge is 2.17. The first-order chi connectivity index (χ1) is 9.88. The van der Waals surface area contributed by atoms with Crippen LogP contribution in [0.3, 0.4) is 0 Å². The Balaban J connectivity index is 2.06. The van der Waals surface area contributed by atoms with E-state index < -0.39 is 16.0 Å². The van der Waals surface area contributed by atoms with E-state index in [1.54, 1.807) is 36.4 Å². The molecule has 0 aliphatic rings. The smallest absolute Gasteiger partial charge is 0.351 e. The molecule has 21 heavy (non-hydrogen) atoms. The van der Waals surface area contributed by atoms with E-state index in [-0.39, 0.29) is 10.5 Å². The molecule has 0 unspecified atom stereocenters. The van der Waals surface area contributed by atoms with Gasteiger partial charge in [-0.1, -0.05) is 35.4 Å². The molecule has 1 N–H and O–H groups in total. The third-order valence-electron chi connectivity index (χ3n) is 2.86. The molecule has 0 bridgehead atoms. The van der Waals surface area contributed by atoms with Crippen LogP contribution in [0.5, 0.6) is 0 Å². The zero-order valence-corrected chi connectivity index (χ0v) is 12.5. The summed E-state index contributed by atoms with van der Waals surface area (Å²) in [6.07, 6.45) is 0. The second-order valence-corrected chi connectivity index (χ2v) is 6.30. The minimum absolute atomic E-state index is 0.0322. The van der Waals surface area contributed by atoms with Crippen molar-refractivity contribution < 1.29 is 18.0 Å². The lowest BCUT2D eigenvalue weighted by Crippen LogP contribution is -2.27. The monoisotopic (exact) mass is 305 g/mol. The van der Waals surface area contributed by atoms with E-state index in [4.69, 9.17) is 0 Å². The predicted octanol–water partition coefficient (Wildman–Crippen LogP) is 2.35. The molecule has 110 valence electrons. The molecule has 0 radical (unpaired) electrons. The van der Waals surface area contributed by atoms with E-state index >= 15 is 0 Å². The van der Waals surface area contributed by atoms with Gasteiger partial charge in [0.25, 0.3) is 10.0 Å². The molecule has 2 rings (SSSR count). The van der Waals surface area contributed by atoms with Crippen molar-refractivity contribution in [1.82, 2.24) is 4.89 Å². The lowest BCUT2D eigenvalue weighted by molar-refractivity contribution is 0.0407. The Labute approximate surface area is 123 Å². The van der Waals surface area contributed by atoms with Gasteiger partial charge in [-0.05, 0) is 43.0 Å². The zero-order valence-electron chi connectivity index (χ0n) is 11.7. The van der Waals surface area contributed by atoms with Crippen LogP contribution in [0.4, 0.5) is 0 Å². The first-order valence-electron chi connectivity index (χ1n) is 6.25. The van der Waals surface area contributed by atoms with Gasteiger partial charge in [0.05, 0.1) is 10.5 Å². The molecular formula is C15H15NO4S. The molecular weight excluding hydrogens is 290 g/mol. The van der Waals surface area contributed by atoms with Crippen LogP contribution in [0.1, 0.15) is 21.5 Å². The molecule has 0 fully saturated rings. The Hall–Kier alpha value is -2.18. The second-order valence-electron chi connectivity index (χ2n) is 4.66. The largest absolute Gasteiger partial charge is 0.357 e. The first kappa shape index (κ1) is 15.2. The van der Waals surface area contributed by atoms with Gasteiger partial charge in [0.15, 0.2) is 0 Å². The van der Waals surface area contributed by atoms with Gasteiger partial charge in [-0.3, -0.25) is 0 Å². The van der Waals surface area contributed by atoms with Crippen molar-refractivity contribution in [3.63, 3.8) is 0 Å². The van der Waals surface area contributed by atoms with Crippen LogP contribution >= 0.6 is 0 Å². The Morgan fingerprint density at radius 1 is 0.905 bits per heavy atom. The summed E-state index contributed by atoms with van der Waals surface area (Å²) in [6.45, 7) is 3.73. The highest BCUT2D eigenvalue weighted by Crippen LogP contribution is 2.10. The van der Waals surface area contributed by atoms with Gasteiger partial charge in [0, 0.05) is 0 Å². The zero-order chi connectivity index (χ0) is 15.5. The van der Waals surface area contributed by atoms with Crippen LogP contribution < -0.4 is 4.89 Å². The van der Waals surface area contributed by atoms with Gasteiger partial charge in [0.1, 0.15) is 0 Å². The van der Waals surface area contributed by atoms with Gasteiger partial charge >= 0.3 is 5.97 Å². The second kappa shape index (κ2) is 6.07. The number of hydrogen-bond acceptors (Lipinski definition) is 4. The summed E-state index contributed by atoms with van der Waals surface area (Å²) in [6, 6.07) is 12.8. The van der Waals surface area contributed by atoms with Crippen molar-refractivity contribution in [2.45, 2.75) is 18.7 Å². The van der Waals surface area contributed by atoms with Crippen LogP contribution in [-0.2, 0) is 14.9 Å². The van der Waals surface area contributed by atoms with Gasteiger partial charge < -0.3 is 4.84 Å². The van der Waals surface area contributed by atoms with E-state index in [9.17, 15) is 13.2 Å². The summed E-state index contributed by atoms with van der Waals surface area (Å²) in [7, 11) is -3.88. The molecule has 5 nitrogen and oxygen atoms in total. The van der Waals surface area contributed by atoms with Crippen LogP contribution in [0.2, 0.25) is 0 Å². The quantitative estimate of drug-likeness (QED) is 0.880. The average Bonchev–Trinajstić information content (AvgIpc) is 2.46. The fraction of sp³-hybridized carbons (Fsp3) is 0.133. The molecule has 0 saturated carbocycles. The molecule has 2 aromatic carbocycles. The first-order valence-corrected chi connectivity index (χ1v) is 7.73. The highest BCUT2D eigenvalue weighted by atomic mass is 32.2. The number of benzene rings is 2. The lowest BCUT2D eigenvalue weighted by Gasteiger charge is -2.07. The predicted molar refractivity (Wildman–Crippen MR) is 78.1 cm³/mol. The van der Waals surface area contributed by atoms with Crippen molar-refractivity contribution >= 4 is 16.0 Å². The van der Waals surface area contributed by atoms with Crippen LogP contribution in [0, 0.1) is 13.8 Å². The number of sulfonamides is 1. The summed E-state index contributed by atoms with van der Waals surface area (Å²) < 4.78 is 23.9. The summed E-state index contributed by atoms with van der Waals surface area (Å²) in [4.78, 5) is 18.2. The maximum Gasteiger partial charge on any atom is 0.357 e. The molecule has 0 spiro atoms. The van der Waals surface area contributed by atoms with Crippen molar-refractivity contribution in [3.8, 4) is 0 Å². The molecule has 6 heteroatoms. The Kier molecular flexibility index (Phi) is 4.40. The average molecular weight is 305 g/mol. The SMILES string of the molecule is Cc1ccc(C(=O)ONS(=O)(=O)c2ccc(C)cc2)cc1. The van der Waals surface area contributed by atoms with E-state index in [0.29, 0.717) is 0 Å². The number of aryl methyl sites for hydroxylation is 2. The maximum absolute atomic E-state index is 11.9. The number of carbonyl (C=O) groups excluding carboxylic acids is 1. The van der Waals surface area contributed by atoms with Crippen molar-refractivity contribution in [2.75, 3.05) is 0 Å². The molecule has 0 aliphatic carbocycles. The minimum Gasteiger partial charge on any atom is -0.351 e. The summed E-state index contributed by atoms with van der Waals surface area (Å²) in [5.41, 5.74) is 2.20. The third-order valence-corrected chi connectivity index (χ3v) is 4.06. The molecule has 0 aromatic heterocycles. The van der Waals surface area contributed by atoms with E-state index in [0.717, 1.165) is 11.1 Å². The molecule has 0 aliphatic heterocycles. The third kappa shape index (κ3) is 3.90. The number of carbonyl (C=O) groups is 1. The minimum atomic E-state index is -3.88. The van der Waals surface area contributed by atoms with E-state index in [1.807, 2.05) is 18.7 Å². The van der Waals surface area contributed by atoms with Crippen LogP contribution in [0.25, 0.3) is 0 Å². The van der Waals surface area contributed by atoms with Gasteiger partial charge in [-0.2, -0.15) is 0 Å². The van der Waals surface area contributed by atoms with E-state index in [2.05, 4.69) is 4.84 Å². The van der Waals surface area contributed by atoms with Crippen molar-refractivity contribution in [3.05, 3.63) is 65.2 Å². The van der Waals surface area contributed by atoms with Crippen LogP contribution in [0.15, 0.2) is 53.4 Å². The fourth-order valence-electron chi connectivity index (χ4n) is 1.61. The molecule has 0 amide bonds. The van der Waals surface area contributed by atoms with E-state index in [1.165, 1.54) is 12.1 Å².